The van der Waals surface area contributed by atoms with Crippen LogP contribution in [0.15, 0.2) is 48.5 Å². The third-order valence-electron chi connectivity index (χ3n) is 5.25. The lowest BCUT2D eigenvalue weighted by Crippen LogP contribution is -2.49. The molecule has 2 amide bonds. The summed E-state index contributed by atoms with van der Waals surface area (Å²) in [7, 11) is 1.61. The first-order valence-corrected chi connectivity index (χ1v) is 10.7. The zero-order chi connectivity index (χ0) is 22.1. The summed E-state index contributed by atoms with van der Waals surface area (Å²) in [5.41, 5.74) is 1.86. The van der Waals surface area contributed by atoms with E-state index in [0.717, 1.165) is 23.3 Å². The molecule has 0 saturated carbocycles. The number of halogens is 1. The van der Waals surface area contributed by atoms with Crippen LogP contribution in [0.1, 0.15) is 44.7 Å². The second kappa shape index (κ2) is 11.6. The van der Waals surface area contributed by atoms with Crippen LogP contribution >= 0.6 is 11.6 Å². The summed E-state index contributed by atoms with van der Waals surface area (Å²) in [5, 5.41) is 3.63. The Bertz CT molecular complexity index is 839. The number of aryl methyl sites for hydroxylation is 1. The van der Waals surface area contributed by atoms with Gasteiger partial charge in [0.1, 0.15) is 11.8 Å². The average Bonchev–Trinajstić information content (AvgIpc) is 2.76. The second-order valence-electron chi connectivity index (χ2n) is 7.45. The van der Waals surface area contributed by atoms with Gasteiger partial charge >= 0.3 is 0 Å². The van der Waals surface area contributed by atoms with Gasteiger partial charge in [-0.1, -0.05) is 48.9 Å². The van der Waals surface area contributed by atoms with E-state index in [1.54, 1.807) is 18.9 Å². The number of nitrogens with one attached hydrogen (secondary N) is 1. The number of ether oxygens (including phenoxy) is 1. The molecule has 0 aliphatic rings. The molecule has 2 aromatic rings. The smallest absolute Gasteiger partial charge is 0.242 e. The number of carbonyl (C=O) groups is 2. The topological polar surface area (TPSA) is 58.6 Å². The molecule has 0 aromatic heterocycles. The third kappa shape index (κ3) is 6.77. The summed E-state index contributed by atoms with van der Waals surface area (Å²) in [4.78, 5) is 27.5. The van der Waals surface area contributed by atoms with Crippen molar-refractivity contribution in [3.8, 4) is 5.75 Å². The molecular weight excluding hydrogens is 400 g/mol. The number of methoxy groups -OCH3 is 1. The quantitative estimate of drug-likeness (QED) is 0.598. The summed E-state index contributed by atoms with van der Waals surface area (Å²) in [5.74, 6) is 0.513. The van der Waals surface area contributed by atoms with Gasteiger partial charge in [0.15, 0.2) is 0 Å². The van der Waals surface area contributed by atoms with Gasteiger partial charge in [-0.25, -0.2) is 0 Å². The molecule has 0 heterocycles. The zero-order valence-corrected chi connectivity index (χ0v) is 18.9. The van der Waals surface area contributed by atoms with Crippen LogP contribution in [-0.2, 0) is 22.6 Å². The maximum Gasteiger partial charge on any atom is 0.242 e. The second-order valence-corrected chi connectivity index (χ2v) is 7.86. The van der Waals surface area contributed by atoms with Gasteiger partial charge in [-0.05, 0) is 56.0 Å². The van der Waals surface area contributed by atoms with Crippen LogP contribution in [0.5, 0.6) is 5.75 Å². The van der Waals surface area contributed by atoms with Crippen molar-refractivity contribution in [2.45, 2.75) is 58.7 Å². The highest BCUT2D eigenvalue weighted by Gasteiger charge is 2.26. The van der Waals surface area contributed by atoms with Crippen LogP contribution < -0.4 is 10.1 Å². The number of rotatable bonds is 10. The van der Waals surface area contributed by atoms with Crippen molar-refractivity contribution in [2.75, 3.05) is 7.11 Å². The van der Waals surface area contributed by atoms with Crippen LogP contribution in [0.2, 0.25) is 5.02 Å². The van der Waals surface area contributed by atoms with Crippen LogP contribution in [-0.4, -0.2) is 35.9 Å². The van der Waals surface area contributed by atoms with E-state index in [0.29, 0.717) is 18.0 Å². The summed E-state index contributed by atoms with van der Waals surface area (Å²) in [6, 6.07) is 14.5. The van der Waals surface area contributed by atoms with Gasteiger partial charge in [0.2, 0.25) is 11.8 Å². The predicted molar refractivity (Wildman–Crippen MR) is 121 cm³/mol. The van der Waals surface area contributed by atoms with E-state index >= 15 is 0 Å². The molecule has 0 aliphatic carbocycles. The zero-order valence-electron chi connectivity index (χ0n) is 18.2. The number of hydrogen-bond donors (Lipinski definition) is 1. The first kappa shape index (κ1) is 23.7. The maximum absolute atomic E-state index is 13.1. The van der Waals surface area contributed by atoms with E-state index in [4.69, 9.17) is 16.3 Å². The van der Waals surface area contributed by atoms with E-state index in [1.165, 1.54) is 0 Å². The number of amides is 2. The normalized spacial score (nSPS) is 12.7. The summed E-state index contributed by atoms with van der Waals surface area (Å²) in [6.07, 6.45) is 1.63. The van der Waals surface area contributed by atoms with Crippen LogP contribution in [0.4, 0.5) is 0 Å². The van der Waals surface area contributed by atoms with Gasteiger partial charge in [0.05, 0.1) is 7.11 Å². The van der Waals surface area contributed by atoms with Gasteiger partial charge < -0.3 is 15.0 Å². The Balaban J connectivity index is 2.16. The Labute approximate surface area is 184 Å². The molecule has 0 fully saturated rings. The van der Waals surface area contributed by atoms with E-state index < -0.39 is 6.04 Å². The largest absolute Gasteiger partial charge is 0.497 e. The first-order valence-electron chi connectivity index (χ1n) is 10.3. The minimum absolute atomic E-state index is 0.0565. The van der Waals surface area contributed by atoms with Crippen LogP contribution in [0.25, 0.3) is 0 Å². The predicted octanol–water partition coefficient (Wildman–Crippen LogP) is 4.61. The van der Waals surface area contributed by atoms with Crippen LogP contribution in [0.3, 0.4) is 0 Å². The maximum atomic E-state index is 13.1. The highest BCUT2D eigenvalue weighted by atomic mass is 35.5. The molecule has 0 saturated heterocycles. The lowest BCUT2D eigenvalue weighted by molar-refractivity contribution is -0.140. The lowest BCUT2D eigenvalue weighted by atomic mass is 10.1. The standard InChI is InChI=1S/C24H31ClN2O3/c1-5-17(2)26-24(29)18(3)27(16-19-10-13-21(30-4)14-11-19)23(28)15-12-20-8-6-7-9-22(20)25/h6-11,13-14,17-18H,5,12,15-16H2,1-4H3,(H,26,29)/t17-,18-/m1/s1. The number of carbonyl (C=O) groups excluding carboxylic acids is 2. The molecule has 2 atom stereocenters. The molecule has 5 nitrogen and oxygen atoms in total. The van der Waals surface area contributed by atoms with Crippen molar-refractivity contribution >= 4 is 23.4 Å². The first-order chi connectivity index (χ1) is 14.3. The molecule has 2 aromatic carbocycles. The number of hydrogen-bond acceptors (Lipinski definition) is 3. The molecule has 162 valence electrons. The molecule has 0 bridgehead atoms. The van der Waals surface area contributed by atoms with Crippen molar-refractivity contribution in [3.05, 3.63) is 64.7 Å². The van der Waals surface area contributed by atoms with E-state index in [2.05, 4.69) is 5.32 Å². The number of nitrogens with zero attached hydrogens (tertiary/aromatic N) is 1. The fourth-order valence-electron chi connectivity index (χ4n) is 3.06. The Kier molecular flexibility index (Phi) is 9.18. The third-order valence-corrected chi connectivity index (χ3v) is 5.62. The highest BCUT2D eigenvalue weighted by molar-refractivity contribution is 6.31. The van der Waals surface area contributed by atoms with Gasteiger partial charge in [0.25, 0.3) is 0 Å². The van der Waals surface area contributed by atoms with Crippen molar-refractivity contribution < 1.29 is 14.3 Å². The highest BCUT2D eigenvalue weighted by Crippen LogP contribution is 2.19. The van der Waals surface area contributed by atoms with Crippen LogP contribution in [0, 0.1) is 0 Å². The molecule has 0 aliphatic heterocycles. The van der Waals surface area contributed by atoms with Crippen molar-refractivity contribution in [1.82, 2.24) is 10.2 Å². The van der Waals surface area contributed by atoms with Crippen molar-refractivity contribution in [3.63, 3.8) is 0 Å². The van der Waals surface area contributed by atoms with E-state index in [1.807, 2.05) is 62.4 Å². The molecule has 0 unspecified atom stereocenters. The van der Waals surface area contributed by atoms with E-state index in [-0.39, 0.29) is 24.3 Å². The fraction of sp³-hybridized carbons (Fsp3) is 0.417. The van der Waals surface area contributed by atoms with Gasteiger partial charge in [-0.3, -0.25) is 9.59 Å². The molecule has 0 spiro atoms. The Morgan fingerprint density at radius 2 is 1.77 bits per heavy atom. The lowest BCUT2D eigenvalue weighted by Gasteiger charge is -2.30. The number of benzene rings is 2. The molecule has 30 heavy (non-hydrogen) atoms. The molecule has 6 heteroatoms. The summed E-state index contributed by atoms with van der Waals surface area (Å²) < 4.78 is 5.20. The molecule has 1 N–H and O–H groups in total. The molecular formula is C24H31ClN2O3. The fourth-order valence-corrected chi connectivity index (χ4v) is 3.29. The Morgan fingerprint density at radius 1 is 1.10 bits per heavy atom. The Morgan fingerprint density at radius 3 is 2.37 bits per heavy atom. The monoisotopic (exact) mass is 430 g/mol. The molecule has 0 radical (unpaired) electrons. The van der Waals surface area contributed by atoms with Gasteiger partial charge in [-0.2, -0.15) is 0 Å². The van der Waals surface area contributed by atoms with Gasteiger partial charge in [-0.15, -0.1) is 0 Å². The van der Waals surface area contributed by atoms with Crippen molar-refractivity contribution in [1.29, 1.82) is 0 Å². The Hall–Kier alpha value is -2.53. The van der Waals surface area contributed by atoms with Gasteiger partial charge in [0, 0.05) is 24.0 Å². The summed E-state index contributed by atoms with van der Waals surface area (Å²) in [6.45, 7) is 6.09. The van der Waals surface area contributed by atoms with Crippen molar-refractivity contribution in [2.24, 2.45) is 0 Å². The van der Waals surface area contributed by atoms with E-state index in [9.17, 15) is 9.59 Å². The summed E-state index contributed by atoms with van der Waals surface area (Å²) >= 11 is 6.23. The molecule has 2 rings (SSSR count). The minimum Gasteiger partial charge on any atom is -0.497 e. The minimum atomic E-state index is -0.583. The average molecular weight is 431 g/mol. The SMILES string of the molecule is CC[C@@H](C)NC(=O)[C@@H](C)N(Cc1ccc(OC)cc1)C(=O)CCc1ccccc1Cl.